The summed E-state index contributed by atoms with van der Waals surface area (Å²) in [6, 6.07) is 8.12. The minimum Gasteiger partial charge on any atom is -0.341 e. The van der Waals surface area contributed by atoms with Crippen molar-refractivity contribution in [2.45, 2.75) is 37.8 Å². The number of hydrogen-bond acceptors (Lipinski definition) is 6. The second kappa shape index (κ2) is 7.48. The van der Waals surface area contributed by atoms with Gasteiger partial charge >= 0.3 is 0 Å². The summed E-state index contributed by atoms with van der Waals surface area (Å²) < 4.78 is 24.6. The number of aromatic nitrogens is 1. The van der Waals surface area contributed by atoms with Crippen molar-refractivity contribution in [1.29, 1.82) is 0 Å². The molecule has 8 heteroatoms. The first-order chi connectivity index (χ1) is 12.9. The predicted molar refractivity (Wildman–Crippen MR) is 108 cm³/mol. The summed E-state index contributed by atoms with van der Waals surface area (Å²) in [6.45, 7) is 1.21. The third-order valence-electron chi connectivity index (χ3n) is 5.70. The second-order valence-electron chi connectivity index (χ2n) is 7.56. The Hall–Kier alpha value is -1.51. The van der Waals surface area contributed by atoms with E-state index in [0.29, 0.717) is 13.0 Å². The van der Waals surface area contributed by atoms with Crippen molar-refractivity contribution in [1.82, 2.24) is 14.8 Å². The van der Waals surface area contributed by atoms with Crippen molar-refractivity contribution in [3.05, 3.63) is 29.3 Å². The molecule has 4 rings (SSSR count). The lowest BCUT2D eigenvalue weighted by Crippen LogP contribution is -2.46. The Balaban J connectivity index is 1.48. The van der Waals surface area contributed by atoms with Crippen LogP contribution in [0.4, 0.5) is 0 Å². The smallest absolute Gasteiger partial charge is 0.236 e. The first-order valence-corrected chi connectivity index (χ1v) is 12.1. The van der Waals surface area contributed by atoms with Crippen LogP contribution in [0.15, 0.2) is 24.3 Å². The molecule has 1 amide bonds. The van der Waals surface area contributed by atoms with Gasteiger partial charge in [-0.3, -0.25) is 9.69 Å². The number of benzene rings is 1. The average molecular weight is 408 g/mol. The van der Waals surface area contributed by atoms with E-state index in [1.54, 1.807) is 23.3 Å². The van der Waals surface area contributed by atoms with Gasteiger partial charge in [0.2, 0.25) is 5.91 Å². The van der Waals surface area contributed by atoms with Crippen molar-refractivity contribution < 1.29 is 13.2 Å². The molecule has 0 bridgehead atoms. The number of amides is 1. The van der Waals surface area contributed by atoms with Crippen LogP contribution in [0.2, 0.25) is 0 Å². The zero-order valence-electron chi connectivity index (χ0n) is 15.5. The first-order valence-electron chi connectivity index (χ1n) is 9.48. The lowest BCUT2D eigenvalue weighted by molar-refractivity contribution is -0.133. The highest BCUT2D eigenvalue weighted by Gasteiger charge is 2.34. The number of likely N-dealkylation sites (tertiary alicyclic amines) is 1. The predicted octanol–water partition coefficient (Wildman–Crippen LogP) is 2.47. The van der Waals surface area contributed by atoms with Gasteiger partial charge in [-0.15, -0.1) is 11.3 Å². The quantitative estimate of drug-likeness (QED) is 0.779. The highest BCUT2D eigenvalue weighted by Crippen LogP contribution is 2.35. The van der Waals surface area contributed by atoms with Gasteiger partial charge in [0.1, 0.15) is 5.01 Å². The molecule has 2 fully saturated rings. The van der Waals surface area contributed by atoms with Crippen LogP contribution < -0.4 is 0 Å². The van der Waals surface area contributed by atoms with Gasteiger partial charge in [0.15, 0.2) is 9.84 Å². The number of hydrogen-bond donors (Lipinski definition) is 0. The molecule has 2 aromatic rings. The third-order valence-corrected chi connectivity index (χ3v) is 8.59. The normalized spacial score (nSPS) is 25.7. The average Bonchev–Trinajstić information content (AvgIpc) is 3.24. The summed E-state index contributed by atoms with van der Waals surface area (Å²) in [5, 5.41) is 1.08. The van der Waals surface area contributed by atoms with Gasteiger partial charge in [-0.25, -0.2) is 13.4 Å². The molecule has 0 saturated carbocycles. The molecule has 0 aliphatic carbocycles. The summed E-state index contributed by atoms with van der Waals surface area (Å²) in [5.41, 5.74) is 1.02. The second-order valence-corrected chi connectivity index (χ2v) is 10.9. The number of fused-ring (bicyclic) bond motifs is 1. The Labute approximate surface area is 164 Å². The highest BCUT2D eigenvalue weighted by molar-refractivity contribution is 7.91. The maximum atomic E-state index is 12.8. The fourth-order valence-electron chi connectivity index (χ4n) is 4.06. The van der Waals surface area contributed by atoms with Gasteiger partial charge in [-0.05, 0) is 37.9 Å². The minimum atomic E-state index is -2.99. The van der Waals surface area contributed by atoms with Crippen molar-refractivity contribution in [2.75, 3.05) is 31.6 Å². The molecule has 0 spiro atoms. The Morgan fingerprint density at radius 1 is 1.30 bits per heavy atom. The molecule has 1 aromatic carbocycles. The number of carbonyl (C=O) groups excluding carboxylic acids is 1. The topological polar surface area (TPSA) is 70.6 Å². The molecule has 2 atom stereocenters. The summed E-state index contributed by atoms with van der Waals surface area (Å²) >= 11 is 1.71. The van der Waals surface area contributed by atoms with E-state index in [4.69, 9.17) is 4.98 Å². The summed E-state index contributed by atoms with van der Waals surface area (Å²) in [7, 11) is -1.25. The molecule has 2 saturated heterocycles. The lowest BCUT2D eigenvalue weighted by atomic mass is 10.0. The van der Waals surface area contributed by atoms with Gasteiger partial charge < -0.3 is 4.90 Å². The van der Waals surface area contributed by atoms with E-state index in [2.05, 4.69) is 11.0 Å². The monoisotopic (exact) mass is 407 g/mol. The highest BCUT2D eigenvalue weighted by atomic mass is 32.2. The molecular formula is C19H25N3O3S2. The summed E-state index contributed by atoms with van der Waals surface area (Å²) in [5.74, 6) is 0.286. The molecule has 27 heavy (non-hydrogen) atoms. The van der Waals surface area contributed by atoms with Crippen molar-refractivity contribution in [3.8, 4) is 0 Å². The lowest BCUT2D eigenvalue weighted by Gasteiger charge is -2.35. The maximum absolute atomic E-state index is 12.8. The summed E-state index contributed by atoms with van der Waals surface area (Å²) in [4.78, 5) is 21.5. The minimum absolute atomic E-state index is 0.00473. The van der Waals surface area contributed by atoms with Crippen LogP contribution in [0.1, 0.15) is 36.7 Å². The van der Waals surface area contributed by atoms with Crippen LogP contribution in [-0.2, 0) is 14.6 Å². The van der Waals surface area contributed by atoms with E-state index in [0.717, 1.165) is 36.3 Å². The number of para-hydroxylation sites is 1. The van der Waals surface area contributed by atoms with Gasteiger partial charge in [-0.1, -0.05) is 18.6 Å². The fourth-order valence-corrected chi connectivity index (χ4v) is 6.97. The van der Waals surface area contributed by atoms with Crippen LogP contribution in [0.25, 0.3) is 10.2 Å². The standard InChI is InChI=1S/C19H25N3O3S2/c1-21(14-9-11-27(24,25)13-14)18(23)12-22-10-5-4-7-16(22)19-20-15-6-2-3-8-17(15)26-19/h2-3,6,8,14,16H,4-5,7,9-13H2,1H3/t14-,16-/m0/s1. The van der Waals surface area contributed by atoms with Crippen LogP contribution in [0.3, 0.4) is 0 Å². The van der Waals surface area contributed by atoms with Crippen LogP contribution in [-0.4, -0.2) is 66.8 Å². The number of thiazole rings is 1. The summed E-state index contributed by atoms with van der Waals surface area (Å²) in [6.07, 6.45) is 3.78. The molecular weight excluding hydrogens is 382 g/mol. The van der Waals surface area contributed by atoms with E-state index >= 15 is 0 Å². The number of sulfone groups is 1. The number of likely N-dealkylation sites (N-methyl/N-ethyl adjacent to an activating group) is 1. The maximum Gasteiger partial charge on any atom is 0.236 e. The van der Waals surface area contributed by atoms with E-state index in [1.807, 2.05) is 18.2 Å². The molecule has 3 heterocycles. The Bertz CT molecular complexity index is 908. The molecule has 0 N–H and O–H groups in total. The van der Waals surface area contributed by atoms with Crippen molar-refractivity contribution >= 4 is 37.3 Å². The van der Waals surface area contributed by atoms with E-state index in [-0.39, 0.29) is 29.5 Å². The van der Waals surface area contributed by atoms with Crippen molar-refractivity contribution in [3.63, 3.8) is 0 Å². The van der Waals surface area contributed by atoms with E-state index in [9.17, 15) is 13.2 Å². The fraction of sp³-hybridized carbons (Fsp3) is 0.579. The van der Waals surface area contributed by atoms with E-state index < -0.39 is 9.84 Å². The molecule has 1 aromatic heterocycles. The SMILES string of the molecule is CN(C(=O)CN1CCCC[C@H]1c1nc2ccccc2s1)[C@H]1CCS(=O)(=O)C1. The van der Waals surface area contributed by atoms with Crippen LogP contribution in [0.5, 0.6) is 0 Å². The van der Waals surface area contributed by atoms with Crippen molar-refractivity contribution in [2.24, 2.45) is 0 Å². The Morgan fingerprint density at radius 3 is 2.85 bits per heavy atom. The van der Waals surface area contributed by atoms with Gasteiger partial charge in [0, 0.05) is 13.1 Å². The number of piperidine rings is 1. The Kier molecular flexibility index (Phi) is 5.22. The third kappa shape index (κ3) is 4.02. The molecule has 2 aliphatic rings. The van der Waals surface area contributed by atoms with Crippen LogP contribution >= 0.6 is 11.3 Å². The molecule has 2 aliphatic heterocycles. The molecule has 0 radical (unpaired) electrons. The largest absolute Gasteiger partial charge is 0.341 e. The molecule has 146 valence electrons. The molecule has 0 unspecified atom stereocenters. The zero-order chi connectivity index (χ0) is 19.0. The first kappa shape index (κ1) is 18.8. The van der Waals surface area contributed by atoms with E-state index in [1.165, 1.54) is 4.70 Å². The zero-order valence-corrected chi connectivity index (χ0v) is 17.1. The Morgan fingerprint density at radius 2 is 2.11 bits per heavy atom. The number of rotatable bonds is 4. The number of nitrogens with zero attached hydrogens (tertiary/aromatic N) is 3. The molecule has 6 nitrogen and oxygen atoms in total. The van der Waals surface area contributed by atoms with Gasteiger partial charge in [0.25, 0.3) is 0 Å². The van der Waals surface area contributed by atoms with Gasteiger partial charge in [-0.2, -0.15) is 0 Å². The number of carbonyl (C=O) groups is 1. The van der Waals surface area contributed by atoms with Crippen LogP contribution in [0, 0.1) is 0 Å². The van der Waals surface area contributed by atoms with Gasteiger partial charge in [0.05, 0.1) is 34.3 Å².